The second-order valence-electron chi connectivity index (χ2n) is 6.20. The molecule has 1 N–H and O–H groups in total. The molecule has 0 aromatic rings. The third kappa shape index (κ3) is 3.87. The van der Waals surface area contributed by atoms with Crippen LogP contribution in [0.15, 0.2) is 0 Å². The average Bonchev–Trinajstić information content (AvgIpc) is 2.13. The van der Waals surface area contributed by atoms with Crippen LogP contribution in [0.2, 0.25) is 0 Å². The smallest absolute Gasteiger partial charge is 0.410 e. The van der Waals surface area contributed by atoms with Gasteiger partial charge in [0.15, 0.2) is 0 Å². The van der Waals surface area contributed by atoms with Crippen LogP contribution in [0, 0.1) is 11.8 Å². The van der Waals surface area contributed by atoms with Crippen LogP contribution in [0.25, 0.3) is 0 Å². The maximum Gasteiger partial charge on any atom is 0.410 e. The third-order valence-corrected chi connectivity index (χ3v) is 3.15. The van der Waals surface area contributed by atoms with Crippen LogP contribution in [0.3, 0.4) is 0 Å². The molecule has 0 spiro atoms. The van der Waals surface area contributed by atoms with Crippen LogP contribution in [-0.4, -0.2) is 40.9 Å². The van der Waals surface area contributed by atoms with Crippen molar-refractivity contribution in [3.05, 3.63) is 0 Å². The fraction of sp³-hybridized carbons (Fsp3) is 0.923. The third-order valence-electron chi connectivity index (χ3n) is 3.15. The van der Waals surface area contributed by atoms with Crippen LogP contribution in [-0.2, 0) is 4.74 Å². The van der Waals surface area contributed by atoms with Gasteiger partial charge in [0.25, 0.3) is 0 Å². The number of hydrogen-bond acceptors (Lipinski definition) is 3. The minimum Gasteiger partial charge on any atom is -0.444 e. The number of amides is 1. The van der Waals surface area contributed by atoms with Gasteiger partial charge in [0.05, 0.1) is 12.6 Å². The van der Waals surface area contributed by atoms with Gasteiger partial charge in [0, 0.05) is 6.54 Å². The fourth-order valence-electron chi connectivity index (χ4n) is 2.45. The number of carbonyl (C=O) groups is 1. The van der Waals surface area contributed by atoms with Gasteiger partial charge in [-0.05, 0) is 39.0 Å². The standard InChI is InChI=1S/C13H25NO3/c1-9-6-10(2)11(8-15)14(7-9)12(16)17-13(3,4)5/h9-11,15H,6-8H2,1-5H3. The molecule has 1 rings (SSSR count). The second-order valence-corrected chi connectivity index (χ2v) is 6.20. The molecule has 4 heteroatoms. The maximum absolute atomic E-state index is 12.1. The highest BCUT2D eigenvalue weighted by Crippen LogP contribution is 2.28. The van der Waals surface area contributed by atoms with Gasteiger partial charge in [0.2, 0.25) is 0 Å². The summed E-state index contributed by atoms with van der Waals surface area (Å²) >= 11 is 0. The van der Waals surface area contributed by atoms with Crippen molar-refractivity contribution in [1.29, 1.82) is 0 Å². The number of likely N-dealkylation sites (tertiary alicyclic amines) is 1. The molecule has 17 heavy (non-hydrogen) atoms. The Morgan fingerprint density at radius 1 is 1.41 bits per heavy atom. The first-order valence-corrected chi connectivity index (χ1v) is 6.35. The van der Waals surface area contributed by atoms with Gasteiger partial charge in [-0.15, -0.1) is 0 Å². The lowest BCUT2D eigenvalue weighted by Gasteiger charge is -2.42. The van der Waals surface area contributed by atoms with E-state index < -0.39 is 5.60 Å². The molecule has 4 nitrogen and oxygen atoms in total. The molecule has 1 aliphatic heterocycles. The average molecular weight is 243 g/mol. The molecule has 0 aliphatic carbocycles. The van der Waals surface area contributed by atoms with Crippen molar-refractivity contribution in [1.82, 2.24) is 4.90 Å². The summed E-state index contributed by atoms with van der Waals surface area (Å²) in [6.07, 6.45) is 0.736. The van der Waals surface area contributed by atoms with E-state index in [1.807, 2.05) is 20.8 Å². The molecule has 1 saturated heterocycles. The van der Waals surface area contributed by atoms with Gasteiger partial charge >= 0.3 is 6.09 Å². The zero-order chi connectivity index (χ0) is 13.2. The SMILES string of the molecule is CC1CC(C)C(CO)N(C(=O)OC(C)(C)C)C1. The highest BCUT2D eigenvalue weighted by Gasteiger charge is 2.36. The van der Waals surface area contributed by atoms with Gasteiger partial charge in [-0.1, -0.05) is 13.8 Å². The van der Waals surface area contributed by atoms with Crippen LogP contribution >= 0.6 is 0 Å². The van der Waals surface area contributed by atoms with Crippen molar-refractivity contribution in [2.45, 2.75) is 52.7 Å². The Hall–Kier alpha value is -0.770. The molecule has 0 bridgehead atoms. The molecule has 0 aromatic carbocycles. The van der Waals surface area contributed by atoms with E-state index in [-0.39, 0.29) is 18.7 Å². The lowest BCUT2D eigenvalue weighted by Crippen LogP contribution is -2.53. The predicted molar refractivity (Wildman–Crippen MR) is 66.8 cm³/mol. The van der Waals surface area contributed by atoms with E-state index in [0.717, 1.165) is 6.42 Å². The molecular weight excluding hydrogens is 218 g/mol. The van der Waals surface area contributed by atoms with Crippen molar-refractivity contribution in [2.75, 3.05) is 13.2 Å². The zero-order valence-corrected chi connectivity index (χ0v) is 11.6. The van der Waals surface area contributed by atoms with Crippen LogP contribution < -0.4 is 0 Å². The van der Waals surface area contributed by atoms with E-state index in [1.165, 1.54) is 0 Å². The van der Waals surface area contributed by atoms with E-state index in [0.29, 0.717) is 18.4 Å². The first kappa shape index (κ1) is 14.3. The Morgan fingerprint density at radius 3 is 2.47 bits per heavy atom. The summed E-state index contributed by atoms with van der Waals surface area (Å²) in [5.74, 6) is 0.775. The largest absolute Gasteiger partial charge is 0.444 e. The number of aliphatic hydroxyl groups is 1. The van der Waals surface area contributed by atoms with E-state index in [9.17, 15) is 9.90 Å². The maximum atomic E-state index is 12.1. The monoisotopic (exact) mass is 243 g/mol. The quantitative estimate of drug-likeness (QED) is 0.768. The summed E-state index contributed by atoms with van der Waals surface area (Å²) < 4.78 is 5.38. The molecule has 1 fully saturated rings. The minimum absolute atomic E-state index is 0.00707. The minimum atomic E-state index is -0.485. The summed E-state index contributed by atoms with van der Waals surface area (Å²) in [4.78, 5) is 13.8. The first-order valence-electron chi connectivity index (χ1n) is 6.35. The molecule has 100 valence electrons. The topological polar surface area (TPSA) is 49.8 Å². The number of carbonyl (C=O) groups excluding carboxylic acids is 1. The highest BCUT2D eigenvalue weighted by molar-refractivity contribution is 5.68. The zero-order valence-electron chi connectivity index (χ0n) is 11.6. The number of rotatable bonds is 1. The second kappa shape index (κ2) is 5.25. The van der Waals surface area contributed by atoms with E-state index in [4.69, 9.17) is 4.74 Å². The van der Waals surface area contributed by atoms with Crippen LogP contribution in [0.4, 0.5) is 4.79 Å². The van der Waals surface area contributed by atoms with Gasteiger partial charge < -0.3 is 14.7 Å². The Labute approximate surface area is 104 Å². The fourth-order valence-corrected chi connectivity index (χ4v) is 2.45. The molecule has 0 saturated carbocycles. The van der Waals surface area contributed by atoms with Crippen molar-refractivity contribution >= 4 is 6.09 Å². The Kier molecular flexibility index (Phi) is 4.42. The van der Waals surface area contributed by atoms with Crippen molar-refractivity contribution in [3.63, 3.8) is 0 Å². The Bertz CT molecular complexity index is 272. The van der Waals surface area contributed by atoms with Crippen molar-refractivity contribution in [2.24, 2.45) is 11.8 Å². The summed E-state index contributed by atoms with van der Waals surface area (Å²) in [5.41, 5.74) is -0.485. The van der Waals surface area contributed by atoms with Gasteiger partial charge in [-0.3, -0.25) is 0 Å². The number of hydrogen-bond donors (Lipinski definition) is 1. The molecule has 1 heterocycles. The Morgan fingerprint density at radius 2 is 2.00 bits per heavy atom. The number of piperidine rings is 1. The molecule has 0 radical (unpaired) electrons. The van der Waals surface area contributed by atoms with Crippen LogP contribution in [0.1, 0.15) is 41.0 Å². The van der Waals surface area contributed by atoms with Crippen molar-refractivity contribution in [3.8, 4) is 0 Å². The summed E-state index contributed by atoms with van der Waals surface area (Å²) in [5, 5.41) is 9.42. The van der Waals surface area contributed by atoms with Crippen molar-refractivity contribution < 1.29 is 14.6 Å². The van der Waals surface area contributed by atoms with Gasteiger partial charge in [-0.25, -0.2) is 4.79 Å². The van der Waals surface area contributed by atoms with Gasteiger partial charge in [0.1, 0.15) is 5.60 Å². The number of aliphatic hydroxyl groups excluding tert-OH is 1. The summed E-state index contributed by atoms with van der Waals surface area (Å²) in [7, 11) is 0. The van der Waals surface area contributed by atoms with Gasteiger partial charge in [-0.2, -0.15) is 0 Å². The molecule has 3 unspecified atom stereocenters. The van der Waals surface area contributed by atoms with Crippen LogP contribution in [0.5, 0.6) is 0 Å². The molecular formula is C13H25NO3. The molecule has 1 amide bonds. The normalized spacial score (nSPS) is 30.2. The molecule has 1 aliphatic rings. The predicted octanol–water partition coefficient (Wildman–Crippen LogP) is 2.26. The lowest BCUT2D eigenvalue weighted by molar-refractivity contribution is -0.0179. The first-order chi connectivity index (χ1) is 7.74. The lowest BCUT2D eigenvalue weighted by atomic mass is 9.86. The summed E-state index contributed by atoms with van der Waals surface area (Å²) in [6.45, 7) is 10.5. The highest BCUT2D eigenvalue weighted by atomic mass is 16.6. The molecule has 0 aromatic heterocycles. The summed E-state index contributed by atoms with van der Waals surface area (Å²) in [6, 6.07) is -0.110. The number of ether oxygens (including phenoxy) is 1. The van der Waals surface area contributed by atoms with E-state index in [2.05, 4.69) is 13.8 Å². The van der Waals surface area contributed by atoms with E-state index >= 15 is 0 Å². The Balaban J connectivity index is 2.74. The molecule has 3 atom stereocenters. The number of nitrogens with zero attached hydrogens (tertiary/aromatic N) is 1. The van der Waals surface area contributed by atoms with E-state index in [1.54, 1.807) is 4.90 Å².